The number of carbonyl (C=O) groups is 2. The minimum atomic E-state index is -0.126. The molecule has 0 unspecified atom stereocenters. The Kier molecular flexibility index (Phi) is 5.11. The van der Waals surface area contributed by atoms with Crippen LogP contribution in [0.15, 0.2) is 35.7 Å². The molecule has 4 nitrogen and oxygen atoms in total. The predicted octanol–water partition coefficient (Wildman–Crippen LogP) is 3.53. The Hall–Kier alpha value is -2.14. The molecule has 1 aromatic heterocycles. The van der Waals surface area contributed by atoms with E-state index in [2.05, 4.69) is 5.32 Å². The minimum Gasteiger partial charge on any atom is -0.492 e. The maximum atomic E-state index is 12.1. The quantitative estimate of drug-likeness (QED) is 0.831. The van der Waals surface area contributed by atoms with Crippen molar-refractivity contribution < 1.29 is 14.3 Å². The smallest absolute Gasteiger partial charge is 0.229 e. The molecule has 0 aliphatic heterocycles. The molecule has 5 heteroatoms. The summed E-state index contributed by atoms with van der Waals surface area (Å²) < 4.78 is 5.48. The monoisotopic (exact) mass is 303 g/mol. The SMILES string of the molecule is CCOc1ccc(C(C)=O)cc1NC(=O)Cc1cccs1. The van der Waals surface area contributed by atoms with Crippen molar-refractivity contribution in [3.63, 3.8) is 0 Å². The number of hydrogen-bond acceptors (Lipinski definition) is 4. The zero-order valence-corrected chi connectivity index (χ0v) is 12.8. The van der Waals surface area contributed by atoms with Gasteiger partial charge < -0.3 is 10.1 Å². The summed E-state index contributed by atoms with van der Waals surface area (Å²) in [6, 6.07) is 8.89. The molecule has 21 heavy (non-hydrogen) atoms. The molecule has 0 saturated heterocycles. The summed E-state index contributed by atoms with van der Waals surface area (Å²) in [5.74, 6) is 0.396. The van der Waals surface area contributed by atoms with Gasteiger partial charge in [-0.2, -0.15) is 0 Å². The van der Waals surface area contributed by atoms with Gasteiger partial charge >= 0.3 is 0 Å². The Labute approximate surface area is 127 Å². The number of hydrogen-bond donors (Lipinski definition) is 1. The third kappa shape index (κ3) is 4.16. The van der Waals surface area contributed by atoms with E-state index < -0.39 is 0 Å². The number of carbonyl (C=O) groups excluding carboxylic acids is 2. The van der Waals surface area contributed by atoms with Crippen molar-refractivity contribution in [2.75, 3.05) is 11.9 Å². The molecule has 0 fully saturated rings. The van der Waals surface area contributed by atoms with E-state index >= 15 is 0 Å². The van der Waals surface area contributed by atoms with Gasteiger partial charge in [-0.3, -0.25) is 9.59 Å². The lowest BCUT2D eigenvalue weighted by Gasteiger charge is -2.12. The second kappa shape index (κ2) is 7.04. The number of ether oxygens (including phenoxy) is 1. The van der Waals surface area contributed by atoms with Gasteiger partial charge in [0, 0.05) is 10.4 Å². The van der Waals surface area contributed by atoms with Crippen molar-refractivity contribution in [3.8, 4) is 5.75 Å². The van der Waals surface area contributed by atoms with Crippen LogP contribution in [0.1, 0.15) is 29.1 Å². The average Bonchev–Trinajstić information content (AvgIpc) is 2.93. The van der Waals surface area contributed by atoms with Crippen LogP contribution in [0.3, 0.4) is 0 Å². The van der Waals surface area contributed by atoms with E-state index in [1.165, 1.54) is 18.3 Å². The second-order valence-corrected chi connectivity index (χ2v) is 5.54. The first-order valence-corrected chi connectivity index (χ1v) is 7.58. The highest BCUT2D eigenvalue weighted by Crippen LogP contribution is 2.26. The largest absolute Gasteiger partial charge is 0.492 e. The lowest BCUT2D eigenvalue weighted by Crippen LogP contribution is -2.15. The number of Topliss-reactive ketones (excluding diaryl/α,β-unsaturated/α-hetero) is 1. The summed E-state index contributed by atoms with van der Waals surface area (Å²) in [5.41, 5.74) is 1.08. The molecule has 0 aliphatic rings. The van der Waals surface area contributed by atoms with Gasteiger partial charge in [-0.25, -0.2) is 0 Å². The first-order chi connectivity index (χ1) is 10.1. The number of thiophene rings is 1. The molecule has 1 N–H and O–H groups in total. The average molecular weight is 303 g/mol. The lowest BCUT2D eigenvalue weighted by molar-refractivity contribution is -0.115. The van der Waals surface area contributed by atoms with Crippen LogP contribution in [0.2, 0.25) is 0 Å². The predicted molar refractivity (Wildman–Crippen MR) is 84.3 cm³/mol. The number of amides is 1. The molecule has 110 valence electrons. The van der Waals surface area contributed by atoms with Crippen molar-refractivity contribution in [2.24, 2.45) is 0 Å². The fourth-order valence-corrected chi connectivity index (χ4v) is 2.60. The number of nitrogens with one attached hydrogen (secondary N) is 1. The van der Waals surface area contributed by atoms with Crippen molar-refractivity contribution in [3.05, 3.63) is 46.2 Å². The van der Waals surface area contributed by atoms with Crippen LogP contribution in [-0.2, 0) is 11.2 Å². The Bertz CT molecular complexity index is 635. The fraction of sp³-hybridized carbons (Fsp3) is 0.250. The van der Waals surface area contributed by atoms with Gasteiger partial charge in [-0.05, 0) is 43.5 Å². The molecule has 0 spiro atoms. The van der Waals surface area contributed by atoms with Crippen LogP contribution in [-0.4, -0.2) is 18.3 Å². The fourth-order valence-electron chi connectivity index (χ4n) is 1.89. The highest BCUT2D eigenvalue weighted by Gasteiger charge is 2.11. The molecule has 0 aliphatic carbocycles. The highest BCUT2D eigenvalue weighted by atomic mass is 32.1. The van der Waals surface area contributed by atoms with E-state index in [1.807, 2.05) is 24.4 Å². The molecular weight excluding hydrogens is 286 g/mol. The molecule has 1 aromatic carbocycles. The first kappa shape index (κ1) is 15.3. The van der Waals surface area contributed by atoms with E-state index in [9.17, 15) is 9.59 Å². The Balaban J connectivity index is 2.17. The van der Waals surface area contributed by atoms with Gasteiger partial charge in [0.1, 0.15) is 5.75 Å². The maximum Gasteiger partial charge on any atom is 0.229 e. The van der Waals surface area contributed by atoms with Crippen molar-refractivity contribution in [1.82, 2.24) is 0 Å². The van der Waals surface area contributed by atoms with Gasteiger partial charge in [0.05, 0.1) is 18.7 Å². The summed E-state index contributed by atoms with van der Waals surface area (Å²) in [6.07, 6.45) is 0.313. The van der Waals surface area contributed by atoms with E-state index in [0.29, 0.717) is 30.0 Å². The lowest BCUT2D eigenvalue weighted by atomic mass is 10.1. The van der Waals surface area contributed by atoms with E-state index in [-0.39, 0.29) is 11.7 Å². The minimum absolute atomic E-state index is 0.0493. The van der Waals surface area contributed by atoms with Gasteiger partial charge in [0.25, 0.3) is 0 Å². The number of ketones is 1. The van der Waals surface area contributed by atoms with Crippen LogP contribution in [0, 0.1) is 0 Å². The molecule has 1 amide bonds. The topological polar surface area (TPSA) is 55.4 Å². The Morgan fingerprint density at radius 1 is 1.29 bits per heavy atom. The third-order valence-corrected chi connectivity index (χ3v) is 3.75. The van der Waals surface area contributed by atoms with E-state index in [1.54, 1.807) is 18.2 Å². The van der Waals surface area contributed by atoms with E-state index in [4.69, 9.17) is 4.74 Å². The van der Waals surface area contributed by atoms with Gasteiger partial charge in [-0.15, -0.1) is 11.3 Å². The summed E-state index contributed by atoms with van der Waals surface area (Å²) in [5, 5.41) is 4.75. The number of rotatable bonds is 6. The van der Waals surface area contributed by atoms with Crippen molar-refractivity contribution in [2.45, 2.75) is 20.3 Å². The molecule has 2 aromatic rings. The van der Waals surface area contributed by atoms with Crippen LogP contribution < -0.4 is 10.1 Å². The zero-order valence-electron chi connectivity index (χ0n) is 12.0. The number of anilines is 1. The maximum absolute atomic E-state index is 12.1. The first-order valence-electron chi connectivity index (χ1n) is 6.70. The van der Waals surface area contributed by atoms with Gasteiger partial charge in [-0.1, -0.05) is 6.07 Å². The second-order valence-electron chi connectivity index (χ2n) is 4.50. The van der Waals surface area contributed by atoms with Crippen molar-refractivity contribution >= 4 is 28.7 Å². The summed E-state index contributed by atoms with van der Waals surface area (Å²) >= 11 is 1.54. The normalized spacial score (nSPS) is 10.2. The Morgan fingerprint density at radius 2 is 2.10 bits per heavy atom. The van der Waals surface area contributed by atoms with Gasteiger partial charge in [0.15, 0.2) is 5.78 Å². The highest BCUT2D eigenvalue weighted by molar-refractivity contribution is 7.10. The van der Waals surface area contributed by atoms with Gasteiger partial charge in [0.2, 0.25) is 5.91 Å². The number of benzene rings is 1. The third-order valence-electron chi connectivity index (χ3n) is 2.87. The Morgan fingerprint density at radius 3 is 2.71 bits per heavy atom. The van der Waals surface area contributed by atoms with Crippen molar-refractivity contribution in [1.29, 1.82) is 0 Å². The molecule has 0 atom stereocenters. The molecular formula is C16H17NO3S. The van der Waals surface area contributed by atoms with Crippen LogP contribution >= 0.6 is 11.3 Å². The zero-order chi connectivity index (χ0) is 15.2. The summed E-state index contributed by atoms with van der Waals surface area (Å²) in [4.78, 5) is 24.5. The van der Waals surface area contributed by atoms with Crippen LogP contribution in [0.25, 0.3) is 0 Å². The molecule has 0 radical (unpaired) electrons. The molecule has 2 rings (SSSR count). The molecule has 0 bridgehead atoms. The van der Waals surface area contributed by atoms with Crippen LogP contribution in [0.4, 0.5) is 5.69 Å². The van der Waals surface area contributed by atoms with E-state index in [0.717, 1.165) is 4.88 Å². The molecule has 0 saturated carbocycles. The molecule has 1 heterocycles. The summed E-state index contributed by atoms with van der Waals surface area (Å²) in [6.45, 7) is 3.86. The van der Waals surface area contributed by atoms with Crippen LogP contribution in [0.5, 0.6) is 5.75 Å². The standard InChI is InChI=1S/C16H17NO3S/c1-3-20-15-7-6-12(11(2)18)9-14(15)17-16(19)10-13-5-4-8-21-13/h4-9H,3,10H2,1-2H3,(H,17,19). The summed E-state index contributed by atoms with van der Waals surface area (Å²) in [7, 11) is 0.